The summed E-state index contributed by atoms with van der Waals surface area (Å²) in [7, 11) is -4.06. The number of aromatic amines is 1. The molecule has 0 radical (unpaired) electrons. The molecule has 0 amide bonds. The fraction of sp³-hybridized carbons (Fsp3) is 0. The number of hydrogen-bond donors (Lipinski definition) is 4. The molecule has 0 fully saturated rings. The summed E-state index contributed by atoms with van der Waals surface area (Å²) in [5.74, 6) is -1.23. The van der Waals surface area contributed by atoms with Gasteiger partial charge in [0.05, 0.1) is 11.8 Å². The normalized spacial score (nSPS) is 11.2. The lowest BCUT2D eigenvalue weighted by molar-refractivity contribution is 0.0692. The van der Waals surface area contributed by atoms with Gasteiger partial charge in [0.2, 0.25) is 0 Å². The first-order chi connectivity index (χ1) is 8.90. The average molecular weight is 282 g/mol. The SMILES string of the molecule is Nc1ccc(C(=O)O)c(S(=O)(=O)Nc2ccn[nH]2)c1. The molecular weight excluding hydrogens is 272 g/mol. The molecule has 5 N–H and O–H groups in total. The first-order valence-corrected chi connectivity index (χ1v) is 6.53. The Morgan fingerprint density at radius 1 is 1.37 bits per heavy atom. The Balaban J connectivity index is 2.50. The van der Waals surface area contributed by atoms with Gasteiger partial charge >= 0.3 is 5.97 Å². The van der Waals surface area contributed by atoms with Crippen LogP contribution in [-0.2, 0) is 10.0 Å². The van der Waals surface area contributed by atoms with Crippen molar-refractivity contribution in [2.75, 3.05) is 10.5 Å². The number of aromatic nitrogens is 2. The quantitative estimate of drug-likeness (QED) is 0.602. The average Bonchev–Trinajstić information content (AvgIpc) is 2.80. The molecule has 1 heterocycles. The minimum Gasteiger partial charge on any atom is -0.478 e. The van der Waals surface area contributed by atoms with Gasteiger partial charge in [-0.3, -0.25) is 9.82 Å². The standard InChI is InChI=1S/C10H10N4O4S/c11-6-1-2-7(10(15)16)8(5-6)19(17,18)14-9-3-4-12-13-9/h1-5H,11H2,(H,15,16)(H2,12,13,14). The molecule has 0 saturated heterocycles. The molecule has 19 heavy (non-hydrogen) atoms. The molecule has 2 rings (SSSR count). The van der Waals surface area contributed by atoms with Crippen molar-refractivity contribution in [3.8, 4) is 0 Å². The van der Waals surface area contributed by atoms with E-state index in [4.69, 9.17) is 10.8 Å². The van der Waals surface area contributed by atoms with Gasteiger partial charge < -0.3 is 10.8 Å². The van der Waals surface area contributed by atoms with Crippen molar-refractivity contribution in [3.05, 3.63) is 36.0 Å². The van der Waals surface area contributed by atoms with Crippen LogP contribution >= 0.6 is 0 Å². The van der Waals surface area contributed by atoms with E-state index >= 15 is 0 Å². The van der Waals surface area contributed by atoms with Crippen molar-refractivity contribution < 1.29 is 18.3 Å². The number of nitrogen functional groups attached to an aromatic ring is 1. The zero-order chi connectivity index (χ0) is 14.0. The number of carboxylic acids is 1. The van der Waals surface area contributed by atoms with Crippen LogP contribution in [0.3, 0.4) is 0 Å². The van der Waals surface area contributed by atoms with E-state index in [0.717, 1.165) is 12.1 Å². The molecule has 0 aliphatic heterocycles. The van der Waals surface area contributed by atoms with Crippen LogP contribution in [0.15, 0.2) is 35.4 Å². The predicted molar refractivity (Wildman–Crippen MR) is 67.2 cm³/mol. The van der Waals surface area contributed by atoms with Crippen LogP contribution < -0.4 is 10.5 Å². The van der Waals surface area contributed by atoms with Crippen molar-refractivity contribution in [2.45, 2.75) is 4.90 Å². The topological polar surface area (TPSA) is 138 Å². The molecule has 0 aliphatic rings. The number of benzene rings is 1. The van der Waals surface area contributed by atoms with Gasteiger partial charge in [-0.05, 0) is 18.2 Å². The number of carboxylic acid groups (broad SMARTS) is 1. The minimum absolute atomic E-state index is 0.124. The largest absolute Gasteiger partial charge is 0.478 e. The molecular formula is C10H10N4O4S. The van der Waals surface area contributed by atoms with Crippen molar-refractivity contribution in [1.29, 1.82) is 0 Å². The van der Waals surface area contributed by atoms with Crippen LogP contribution in [0.4, 0.5) is 11.5 Å². The first kappa shape index (κ1) is 12.9. The highest BCUT2D eigenvalue weighted by molar-refractivity contribution is 7.92. The fourth-order valence-electron chi connectivity index (χ4n) is 1.45. The van der Waals surface area contributed by atoms with E-state index in [-0.39, 0.29) is 17.1 Å². The third-order valence-electron chi connectivity index (χ3n) is 2.27. The van der Waals surface area contributed by atoms with Crippen molar-refractivity contribution >= 4 is 27.5 Å². The van der Waals surface area contributed by atoms with Crippen LogP contribution in [-0.4, -0.2) is 29.7 Å². The zero-order valence-corrected chi connectivity index (χ0v) is 10.3. The number of carbonyl (C=O) groups is 1. The second-order valence-electron chi connectivity index (χ2n) is 3.64. The number of nitrogens with zero attached hydrogens (tertiary/aromatic N) is 1. The van der Waals surface area contributed by atoms with Crippen LogP contribution in [0.5, 0.6) is 0 Å². The number of hydrogen-bond acceptors (Lipinski definition) is 5. The summed E-state index contributed by atoms with van der Waals surface area (Å²) in [5, 5.41) is 15.0. The summed E-state index contributed by atoms with van der Waals surface area (Å²) >= 11 is 0. The van der Waals surface area contributed by atoms with Gasteiger partial charge in [0.15, 0.2) is 0 Å². The lowest BCUT2D eigenvalue weighted by atomic mass is 10.2. The van der Waals surface area contributed by atoms with E-state index in [1.165, 1.54) is 18.3 Å². The maximum atomic E-state index is 12.1. The number of anilines is 2. The van der Waals surface area contributed by atoms with Gasteiger partial charge in [0.25, 0.3) is 10.0 Å². The maximum absolute atomic E-state index is 12.1. The summed E-state index contributed by atoms with van der Waals surface area (Å²) in [6.45, 7) is 0. The van der Waals surface area contributed by atoms with Gasteiger partial charge in [-0.25, -0.2) is 13.2 Å². The highest BCUT2D eigenvalue weighted by Gasteiger charge is 2.23. The molecule has 1 aromatic carbocycles. The van der Waals surface area contributed by atoms with Crippen molar-refractivity contribution in [3.63, 3.8) is 0 Å². The molecule has 100 valence electrons. The second-order valence-corrected chi connectivity index (χ2v) is 5.29. The lowest BCUT2D eigenvalue weighted by Gasteiger charge is -2.09. The van der Waals surface area contributed by atoms with Crippen molar-refractivity contribution in [2.24, 2.45) is 0 Å². The third kappa shape index (κ3) is 2.65. The summed E-state index contributed by atoms with van der Waals surface area (Å²) < 4.78 is 26.4. The summed E-state index contributed by atoms with van der Waals surface area (Å²) in [4.78, 5) is 10.6. The highest BCUT2D eigenvalue weighted by atomic mass is 32.2. The van der Waals surface area contributed by atoms with E-state index in [1.54, 1.807) is 0 Å². The van der Waals surface area contributed by atoms with Crippen LogP contribution in [0, 0.1) is 0 Å². The summed E-state index contributed by atoms with van der Waals surface area (Å²) in [5.41, 5.74) is 5.28. The Morgan fingerprint density at radius 2 is 2.11 bits per heavy atom. The molecule has 0 saturated carbocycles. The lowest BCUT2D eigenvalue weighted by Crippen LogP contribution is -2.17. The molecule has 0 atom stereocenters. The molecule has 1 aromatic heterocycles. The maximum Gasteiger partial charge on any atom is 0.337 e. The number of aromatic carboxylic acids is 1. The second kappa shape index (κ2) is 4.61. The molecule has 0 bridgehead atoms. The van der Waals surface area contributed by atoms with E-state index in [1.807, 2.05) is 0 Å². The highest BCUT2D eigenvalue weighted by Crippen LogP contribution is 2.21. The minimum atomic E-state index is -4.06. The first-order valence-electron chi connectivity index (χ1n) is 5.05. The molecule has 9 heteroatoms. The number of rotatable bonds is 4. The molecule has 8 nitrogen and oxygen atoms in total. The van der Waals surface area contributed by atoms with E-state index < -0.39 is 20.9 Å². The molecule has 0 unspecified atom stereocenters. The molecule has 0 aliphatic carbocycles. The third-order valence-corrected chi connectivity index (χ3v) is 3.68. The number of sulfonamides is 1. The zero-order valence-electron chi connectivity index (χ0n) is 9.49. The van der Waals surface area contributed by atoms with Gasteiger partial charge in [0, 0.05) is 11.8 Å². The Hall–Kier alpha value is -2.55. The summed E-state index contributed by atoms with van der Waals surface area (Å²) in [6, 6.07) is 4.93. The number of nitrogens with one attached hydrogen (secondary N) is 2. The predicted octanol–water partition coefficient (Wildman–Crippen LogP) is 0.491. The Kier molecular flexibility index (Phi) is 3.13. The van der Waals surface area contributed by atoms with Gasteiger partial charge in [-0.15, -0.1) is 0 Å². The summed E-state index contributed by atoms with van der Waals surface area (Å²) in [6.07, 6.45) is 1.36. The monoisotopic (exact) mass is 282 g/mol. The number of nitrogens with two attached hydrogens (primary N) is 1. The van der Waals surface area contributed by atoms with Gasteiger partial charge in [-0.2, -0.15) is 5.10 Å². The smallest absolute Gasteiger partial charge is 0.337 e. The van der Waals surface area contributed by atoms with Crippen LogP contribution in [0.25, 0.3) is 0 Å². The Bertz CT molecular complexity index is 709. The van der Waals surface area contributed by atoms with E-state index in [9.17, 15) is 13.2 Å². The van der Waals surface area contributed by atoms with E-state index in [0.29, 0.717) is 0 Å². The Labute approximate surface area is 108 Å². The number of H-pyrrole nitrogens is 1. The molecule has 2 aromatic rings. The van der Waals surface area contributed by atoms with Crippen molar-refractivity contribution in [1.82, 2.24) is 10.2 Å². The molecule has 0 spiro atoms. The Morgan fingerprint density at radius 3 is 2.68 bits per heavy atom. The van der Waals surface area contributed by atoms with E-state index in [2.05, 4.69) is 14.9 Å². The van der Waals surface area contributed by atoms with Gasteiger partial charge in [0.1, 0.15) is 10.7 Å². The van der Waals surface area contributed by atoms with Gasteiger partial charge in [-0.1, -0.05) is 0 Å². The van der Waals surface area contributed by atoms with Crippen LogP contribution in [0.2, 0.25) is 0 Å². The fourth-order valence-corrected chi connectivity index (χ4v) is 2.70. The van der Waals surface area contributed by atoms with Crippen LogP contribution in [0.1, 0.15) is 10.4 Å².